The summed E-state index contributed by atoms with van der Waals surface area (Å²) in [6.45, 7) is 0. The van der Waals surface area contributed by atoms with E-state index < -0.39 is 20.3 Å². The molecule has 108 valence electrons. The summed E-state index contributed by atoms with van der Waals surface area (Å²) in [6.07, 6.45) is 0. The molecule has 0 aliphatic carbocycles. The Kier molecular flexibility index (Phi) is 58.8. The van der Waals surface area contributed by atoms with E-state index in [2.05, 4.69) is 0 Å². The van der Waals surface area contributed by atoms with Gasteiger partial charge < -0.3 is 66.8 Å². The van der Waals surface area contributed by atoms with E-state index in [1.165, 1.54) is 0 Å². The quantitative estimate of drug-likeness (QED) is 0.260. The van der Waals surface area contributed by atoms with Crippen molar-refractivity contribution in [2.75, 3.05) is 0 Å². The molecule has 0 bridgehead atoms. The van der Waals surface area contributed by atoms with Gasteiger partial charge >= 0.3 is 19.5 Å². The predicted molar refractivity (Wildman–Crippen MR) is 45.1 cm³/mol. The van der Waals surface area contributed by atoms with Gasteiger partial charge in [0.25, 0.3) is 0 Å². The second kappa shape index (κ2) is 29.3. The molecule has 0 aromatic rings. The van der Waals surface area contributed by atoms with Crippen LogP contribution >= 0.6 is 0 Å². The molecule has 0 aliphatic rings. The molecule has 0 aliphatic heterocycles. The first-order valence-electron chi connectivity index (χ1n) is 2.19. The molecule has 0 radical (unpaired) electrons. The van der Waals surface area contributed by atoms with E-state index in [1.807, 2.05) is 0 Å². The first-order valence-corrected chi connectivity index (χ1v) is 2.19. The van der Waals surface area contributed by atoms with Crippen LogP contribution in [0.25, 0.3) is 0 Å². The molecule has 0 spiro atoms. The summed E-state index contributed by atoms with van der Waals surface area (Å²) in [7, 11) is 0. The molecule has 18 heteroatoms. The fourth-order valence-electron chi connectivity index (χ4n) is 0. The van der Waals surface area contributed by atoms with Crippen molar-refractivity contribution < 1.29 is 45.3 Å². The Hall–Kier alpha value is -2.62. The van der Waals surface area contributed by atoms with E-state index in [-0.39, 0.29) is 25.0 Å². The topological polar surface area (TPSA) is 296 Å². The molecule has 0 saturated carbocycles. The van der Waals surface area contributed by atoms with Crippen LogP contribution in [-0.2, 0) is 19.5 Å². The zero-order valence-electron chi connectivity index (χ0n) is 7.54. The van der Waals surface area contributed by atoms with Gasteiger partial charge in [0.15, 0.2) is 0 Å². The standard InChI is InChI=1S/4NO3.H2O.Ru/c4*2-1(3)4;;/h;;;;1H2;/q4*-1;;+4. The van der Waals surface area contributed by atoms with Crippen LogP contribution in [0.2, 0.25) is 0 Å². The molecule has 0 aromatic carbocycles. The first-order chi connectivity index (χ1) is 6.93. The van der Waals surface area contributed by atoms with Gasteiger partial charge in [0.1, 0.15) is 0 Å². The van der Waals surface area contributed by atoms with Crippen molar-refractivity contribution in [2.45, 2.75) is 0 Å². The van der Waals surface area contributed by atoms with Gasteiger partial charge in [0.2, 0.25) is 0 Å². The van der Waals surface area contributed by atoms with E-state index >= 15 is 0 Å². The molecule has 0 atom stereocenters. The van der Waals surface area contributed by atoms with Crippen molar-refractivity contribution >= 4 is 0 Å². The van der Waals surface area contributed by atoms with Gasteiger partial charge in [-0.15, -0.1) is 0 Å². The minimum Gasteiger partial charge on any atom is -0.412 e. The minimum atomic E-state index is -1.75. The molecule has 0 aromatic heterocycles. The second-order valence-corrected chi connectivity index (χ2v) is 0.894. The fraction of sp³-hybridized carbons (Fsp3) is 0. The largest absolute Gasteiger partial charge is 4.00 e. The third kappa shape index (κ3) is 300. The van der Waals surface area contributed by atoms with Gasteiger partial charge in [-0.3, -0.25) is 0 Å². The van der Waals surface area contributed by atoms with Gasteiger partial charge in [0, 0.05) is 0 Å². The van der Waals surface area contributed by atoms with Crippen LogP contribution in [0.5, 0.6) is 0 Å². The fourth-order valence-corrected chi connectivity index (χ4v) is 0. The third-order valence-electron chi connectivity index (χ3n) is 0. The number of nitrogens with zero attached hydrogens (tertiary/aromatic N) is 4. The average Bonchev–Trinajstić information content (AvgIpc) is 1.76. The molecule has 17 nitrogen and oxygen atoms in total. The normalized spacial score (nSPS) is 5.33. The summed E-state index contributed by atoms with van der Waals surface area (Å²) in [5.41, 5.74) is 0. The van der Waals surface area contributed by atoms with Crippen molar-refractivity contribution in [3.05, 3.63) is 61.3 Å². The Morgan fingerprint density at radius 2 is 0.444 bits per heavy atom. The zero-order chi connectivity index (χ0) is 14.3. The van der Waals surface area contributed by atoms with Crippen molar-refractivity contribution in [3.8, 4) is 0 Å². The minimum absolute atomic E-state index is 0. The van der Waals surface area contributed by atoms with Gasteiger partial charge in [-0.25, -0.2) is 0 Å². The Morgan fingerprint density at radius 1 is 0.444 bits per heavy atom. The monoisotopic (exact) mass is 368 g/mol. The average molecular weight is 367 g/mol. The van der Waals surface area contributed by atoms with Crippen LogP contribution in [0.15, 0.2) is 0 Å². The molecule has 0 unspecified atom stereocenters. The summed E-state index contributed by atoms with van der Waals surface area (Å²) in [5, 5.41) is 59.0. The van der Waals surface area contributed by atoms with Crippen molar-refractivity contribution in [2.24, 2.45) is 0 Å². The molecule has 0 saturated heterocycles. The Labute approximate surface area is 107 Å². The zero-order valence-corrected chi connectivity index (χ0v) is 9.28. The Morgan fingerprint density at radius 3 is 0.444 bits per heavy atom. The van der Waals surface area contributed by atoms with Crippen molar-refractivity contribution in [3.63, 3.8) is 0 Å². The van der Waals surface area contributed by atoms with Crippen LogP contribution in [0, 0.1) is 61.3 Å². The van der Waals surface area contributed by atoms with Gasteiger partial charge in [-0.1, -0.05) is 0 Å². The molecule has 2 N–H and O–H groups in total. The number of rotatable bonds is 0. The maximum atomic E-state index is 8.25. The van der Waals surface area contributed by atoms with E-state index in [1.54, 1.807) is 0 Å². The van der Waals surface area contributed by atoms with Crippen LogP contribution < -0.4 is 0 Å². The summed E-state index contributed by atoms with van der Waals surface area (Å²) in [6, 6.07) is 0. The van der Waals surface area contributed by atoms with E-state index in [0.717, 1.165) is 0 Å². The molecule has 0 fully saturated rings. The summed E-state index contributed by atoms with van der Waals surface area (Å²) in [5.74, 6) is 0. The predicted octanol–water partition coefficient (Wildman–Crippen LogP) is -1.78. The van der Waals surface area contributed by atoms with Crippen molar-refractivity contribution in [1.82, 2.24) is 0 Å². The molecule has 0 amide bonds. The molecular weight excluding hydrogens is 365 g/mol. The van der Waals surface area contributed by atoms with E-state index in [9.17, 15) is 0 Å². The summed E-state index contributed by atoms with van der Waals surface area (Å²) >= 11 is 0. The first kappa shape index (κ1) is 36.1. The van der Waals surface area contributed by atoms with Gasteiger partial charge in [0.05, 0.1) is 20.3 Å². The Bertz CT molecular complexity index is 159. The van der Waals surface area contributed by atoms with Gasteiger partial charge in [-0.2, -0.15) is 0 Å². The van der Waals surface area contributed by atoms with Crippen LogP contribution in [-0.4, -0.2) is 25.8 Å². The summed E-state index contributed by atoms with van der Waals surface area (Å²) < 4.78 is 0. The van der Waals surface area contributed by atoms with E-state index in [4.69, 9.17) is 61.3 Å². The molecular formula is H2N4O13Ru. The maximum Gasteiger partial charge on any atom is 4.00 e. The van der Waals surface area contributed by atoms with Crippen LogP contribution in [0.3, 0.4) is 0 Å². The molecule has 0 rings (SSSR count). The smallest absolute Gasteiger partial charge is 0.412 e. The van der Waals surface area contributed by atoms with E-state index in [0.29, 0.717) is 0 Å². The maximum absolute atomic E-state index is 8.25. The molecule has 18 heavy (non-hydrogen) atoms. The van der Waals surface area contributed by atoms with Crippen LogP contribution in [0.1, 0.15) is 0 Å². The van der Waals surface area contributed by atoms with Crippen LogP contribution in [0.4, 0.5) is 0 Å². The Balaban J connectivity index is -0.0000000257. The second-order valence-electron chi connectivity index (χ2n) is 0.894. The SMILES string of the molecule is O.O=[N+]([O-])[O-].O=[N+]([O-])[O-].O=[N+]([O-])[O-].O=[N+]([O-])[O-].[Ru+4]. The third-order valence-corrected chi connectivity index (χ3v) is 0. The molecule has 0 heterocycles. The summed E-state index contributed by atoms with van der Waals surface area (Å²) in [4.78, 5) is 33.0. The number of hydrogen-bond donors (Lipinski definition) is 0. The number of hydrogen-bond acceptors (Lipinski definition) is 12. The van der Waals surface area contributed by atoms with Crippen molar-refractivity contribution in [1.29, 1.82) is 0 Å². The van der Waals surface area contributed by atoms with Gasteiger partial charge in [-0.05, 0) is 0 Å².